The fourth-order valence-electron chi connectivity index (χ4n) is 2.94. The number of aromatic nitrogens is 3. The van der Waals surface area contributed by atoms with Gasteiger partial charge < -0.3 is 15.4 Å². The molecule has 27 heavy (non-hydrogen) atoms. The number of pyridine rings is 1. The van der Waals surface area contributed by atoms with E-state index in [-0.39, 0.29) is 17.6 Å². The standard InChI is InChI=1S/C20H19N5O2/c26-19(17-7-10-22-20(25-17)23-15-8-11-27-13-15)24-18-12-21-9-6-16(18)14-4-2-1-3-5-14/h1-7,9-10,12,15H,8,11,13H2,(H,24,26)(H,22,23,25). The third-order valence-electron chi connectivity index (χ3n) is 4.31. The zero-order chi connectivity index (χ0) is 18.5. The Morgan fingerprint density at radius 1 is 1.11 bits per heavy atom. The van der Waals surface area contributed by atoms with Gasteiger partial charge in [-0.05, 0) is 24.1 Å². The molecule has 3 aromatic rings. The number of carbonyl (C=O) groups excluding carboxylic acids is 1. The molecule has 136 valence electrons. The van der Waals surface area contributed by atoms with Crippen molar-refractivity contribution in [3.8, 4) is 11.1 Å². The molecular formula is C20H19N5O2. The van der Waals surface area contributed by atoms with Crippen LogP contribution in [-0.2, 0) is 4.74 Å². The predicted octanol–water partition coefficient (Wildman–Crippen LogP) is 2.99. The van der Waals surface area contributed by atoms with Crippen LogP contribution in [0.1, 0.15) is 16.9 Å². The molecule has 1 aliphatic heterocycles. The highest BCUT2D eigenvalue weighted by molar-refractivity contribution is 6.05. The lowest BCUT2D eigenvalue weighted by molar-refractivity contribution is 0.102. The van der Waals surface area contributed by atoms with E-state index in [4.69, 9.17) is 4.74 Å². The van der Waals surface area contributed by atoms with Crippen LogP contribution >= 0.6 is 0 Å². The lowest BCUT2D eigenvalue weighted by atomic mass is 10.1. The summed E-state index contributed by atoms with van der Waals surface area (Å²) in [7, 11) is 0. The van der Waals surface area contributed by atoms with E-state index in [1.807, 2.05) is 36.4 Å². The summed E-state index contributed by atoms with van der Waals surface area (Å²) in [6.45, 7) is 1.34. The lowest BCUT2D eigenvalue weighted by Crippen LogP contribution is -2.22. The van der Waals surface area contributed by atoms with Crippen LogP contribution in [0.15, 0.2) is 61.1 Å². The number of nitrogens with one attached hydrogen (secondary N) is 2. The van der Waals surface area contributed by atoms with Crippen molar-refractivity contribution in [3.05, 3.63) is 66.7 Å². The summed E-state index contributed by atoms with van der Waals surface area (Å²) in [4.78, 5) is 25.3. The Morgan fingerprint density at radius 3 is 2.81 bits per heavy atom. The molecule has 0 spiro atoms. The van der Waals surface area contributed by atoms with E-state index < -0.39 is 0 Å². The van der Waals surface area contributed by atoms with Gasteiger partial charge in [0.1, 0.15) is 5.69 Å². The summed E-state index contributed by atoms with van der Waals surface area (Å²) in [5.41, 5.74) is 2.82. The summed E-state index contributed by atoms with van der Waals surface area (Å²) in [5, 5.41) is 6.10. The molecule has 1 saturated heterocycles. The number of hydrogen-bond acceptors (Lipinski definition) is 6. The van der Waals surface area contributed by atoms with Crippen LogP contribution in [0, 0.1) is 0 Å². The molecule has 1 fully saturated rings. The second-order valence-electron chi connectivity index (χ2n) is 6.21. The number of hydrogen-bond donors (Lipinski definition) is 2. The van der Waals surface area contributed by atoms with Crippen LogP contribution in [0.25, 0.3) is 11.1 Å². The molecule has 1 atom stereocenters. The zero-order valence-electron chi connectivity index (χ0n) is 14.6. The largest absolute Gasteiger partial charge is 0.379 e. The molecule has 0 radical (unpaired) electrons. The van der Waals surface area contributed by atoms with E-state index in [0.717, 1.165) is 24.2 Å². The molecule has 0 bridgehead atoms. The van der Waals surface area contributed by atoms with Crippen molar-refractivity contribution in [3.63, 3.8) is 0 Å². The normalized spacial score (nSPS) is 16.1. The Labute approximate surface area is 156 Å². The molecule has 7 nitrogen and oxygen atoms in total. The monoisotopic (exact) mass is 361 g/mol. The van der Waals surface area contributed by atoms with E-state index >= 15 is 0 Å². The first-order chi connectivity index (χ1) is 13.3. The number of benzene rings is 1. The van der Waals surface area contributed by atoms with Gasteiger partial charge in [0.25, 0.3) is 5.91 Å². The quantitative estimate of drug-likeness (QED) is 0.726. The van der Waals surface area contributed by atoms with E-state index in [1.165, 1.54) is 0 Å². The Balaban J connectivity index is 1.53. The zero-order valence-corrected chi connectivity index (χ0v) is 14.6. The van der Waals surface area contributed by atoms with Gasteiger partial charge in [-0.3, -0.25) is 9.78 Å². The number of anilines is 2. The number of amides is 1. The number of ether oxygens (including phenoxy) is 1. The lowest BCUT2D eigenvalue weighted by Gasteiger charge is -2.12. The first kappa shape index (κ1) is 17.1. The molecule has 1 aliphatic rings. The molecule has 2 N–H and O–H groups in total. The highest BCUT2D eigenvalue weighted by Gasteiger charge is 2.17. The van der Waals surface area contributed by atoms with Gasteiger partial charge in [-0.2, -0.15) is 0 Å². The van der Waals surface area contributed by atoms with Crippen molar-refractivity contribution in [2.45, 2.75) is 12.5 Å². The van der Waals surface area contributed by atoms with Crippen LogP contribution in [0.4, 0.5) is 11.6 Å². The van der Waals surface area contributed by atoms with E-state index in [0.29, 0.717) is 18.2 Å². The van der Waals surface area contributed by atoms with Crippen LogP contribution < -0.4 is 10.6 Å². The number of carbonyl (C=O) groups is 1. The van der Waals surface area contributed by atoms with E-state index in [1.54, 1.807) is 24.7 Å². The SMILES string of the molecule is O=C(Nc1cnccc1-c1ccccc1)c1ccnc(NC2CCOC2)n1. The van der Waals surface area contributed by atoms with Crippen LogP contribution in [-0.4, -0.2) is 40.1 Å². The van der Waals surface area contributed by atoms with Crippen LogP contribution in [0.2, 0.25) is 0 Å². The van der Waals surface area contributed by atoms with Gasteiger partial charge in [0, 0.05) is 24.6 Å². The van der Waals surface area contributed by atoms with Gasteiger partial charge in [-0.25, -0.2) is 9.97 Å². The fourth-order valence-corrected chi connectivity index (χ4v) is 2.94. The van der Waals surface area contributed by atoms with Crippen molar-refractivity contribution in [1.82, 2.24) is 15.0 Å². The molecule has 0 saturated carbocycles. The third kappa shape index (κ3) is 4.09. The van der Waals surface area contributed by atoms with Gasteiger partial charge >= 0.3 is 0 Å². The van der Waals surface area contributed by atoms with E-state index in [9.17, 15) is 4.79 Å². The number of nitrogens with zero attached hydrogens (tertiary/aromatic N) is 3. The van der Waals surface area contributed by atoms with Crippen molar-refractivity contribution in [2.24, 2.45) is 0 Å². The Hall–Kier alpha value is -3.32. The molecule has 4 rings (SSSR count). The molecule has 0 aliphatic carbocycles. The Morgan fingerprint density at radius 2 is 2.00 bits per heavy atom. The van der Waals surface area contributed by atoms with Gasteiger partial charge in [0.15, 0.2) is 0 Å². The van der Waals surface area contributed by atoms with Crippen LogP contribution in [0.5, 0.6) is 0 Å². The van der Waals surface area contributed by atoms with Crippen molar-refractivity contribution < 1.29 is 9.53 Å². The molecule has 1 unspecified atom stereocenters. The first-order valence-corrected chi connectivity index (χ1v) is 8.78. The minimum atomic E-state index is -0.312. The predicted molar refractivity (Wildman–Crippen MR) is 103 cm³/mol. The second-order valence-corrected chi connectivity index (χ2v) is 6.21. The van der Waals surface area contributed by atoms with Crippen molar-refractivity contribution in [2.75, 3.05) is 23.8 Å². The van der Waals surface area contributed by atoms with E-state index in [2.05, 4.69) is 25.6 Å². The molecule has 2 aromatic heterocycles. The second kappa shape index (κ2) is 7.92. The molecule has 7 heteroatoms. The maximum atomic E-state index is 12.7. The van der Waals surface area contributed by atoms with Gasteiger partial charge in [-0.15, -0.1) is 0 Å². The molecule has 1 amide bonds. The topological polar surface area (TPSA) is 89.0 Å². The minimum absolute atomic E-state index is 0.173. The highest BCUT2D eigenvalue weighted by atomic mass is 16.5. The molecule has 1 aromatic carbocycles. The van der Waals surface area contributed by atoms with Gasteiger partial charge in [-0.1, -0.05) is 30.3 Å². The summed E-state index contributed by atoms with van der Waals surface area (Å²) in [6, 6.07) is 13.5. The fraction of sp³-hybridized carbons (Fsp3) is 0.200. The molecular weight excluding hydrogens is 342 g/mol. The average molecular weight is 361 g/mol. The van der Waals surface area contributed by atoms with Gasteiger partial charge in [0.2, 0.25) is 5.95 Å². The smallest absolute Gasteiger partial charge is 0.274 e. The average Bonchev–Trinajstić information content (AvgIpc) is 3.22. The Kier molecular flexibility index (Phi) is 5.02. The summed E-state index contributed by atoms with van der Waals surface area (Å²) < 4.78 is 5.34. The summed E-state index contributed by atoms with van der Waals surface area (Å²) >= 11 is 0. The maximum absolute atomic E-state index is 12.7. The first-order valence-electron chi connectivity index (χ1n) is 8.78. The third-order valence-corrected chi connectivity index (χ3v) is 4.31. The van der Waals surface area contributed by atoms with Gasteiger partial charge in [0.05, 0.1) is 24.5 Å². The minimum Gasteiger partial charge on any atom is -0.379 e. The Bertz CT molecular complexity index is 926. The maximum Gasteiger partial charge on any atom is 0.274 e. The highest BCUT2D eigenvalue weighted by Crippen LogP contribution is 2.27. The summed E-state index contributed by atoms with van der Waals surface area (Å²) in [5.74, 6) is 0.112. The summed E-state index contributed by atoms with van der Waals surface area (Å²) in [6.07, 6.45) is 5.81. The molecule has 3 heterocycles. The van der Waals surface area contributed by atoms with Crippen LogP contribution in [0.3, 0.4) is 0 Å². The number of rotatable bonds is 5. The van der Waals surface area contributed by atoms with Crippen molar-refractivity contribution >= 4 is 17.5 Å². The van der Waals surface area contributed by atoms with Crippen molar-refractivity contribution in [1.29, 1.82) is 0 Å².